The van der Waals surface area contributed by atoms with E-state index < -0.39 is 12.0 Å². The van der Waals surface area contributed by atoms with Crippen LogP contribution in [0.1, 0.15) is 12.5 Å². The van der Waals surface area contributed by atoms with Crippen molar-refractivity contribution in [3.05, 3.63) is 36.0 Å². The van der Waals surface area contributed by atoms with E-state index in [0.717, 1.165) is 16.5 Å². The molecule has 0 saturated carbocycles. The SMILES string of the molecule is Cn1ccc2cc(CC(C)(N)C(F)F)ccc21. The lowest BCUT2D eigenvalue weighted by Crippen LogP contribution is -2.45. The van der Waals surface area contributed by atoms with Gasteiger partial charge in [-0.3, -0.25) is 0 Å². The molecule has 0 aliphatic carbocycles. The van der Waals surface area contributed by atoms with Gasteiger partial charge >= 0.3 is 0 Å². The molecule has 0 saturated heterocycles. The Balaban J connectivity index is 2.31. The van der Waals surface area contributed by atoms with Crippen LogP contribution in [0.25, 0.3) is 10.9 Å². The zero-order valence-electron chi connectivity index (χ0n) is 9.95. The molecule has 2 aromatic rings. The highest BCUT2D eigenvalue weighted by atomic mass is 19.3. The molecule has 0 aliphatic heterocycles. The molecule has 1 heterocycles. The van der Waals surface area contributed by atoms with Crippen LogP contribution in [0.15, 0.2) is 30.5 Å². The number of alkyl halides is 2. The lowest BCUT2D eigenvalue weighted by Gasteiger charge is -2.23. The Hall–Kier alpha value is -1.42. The third kappa shape index (κ3) is 2.31. The maximum absolute atomic E-state index is 12.7. The fraction of sp³-hybridized carbons (Fsp3) is 0.385. The van der Waals surface area contributed by atoms with Crippen LogP contribution >= 0.6 is 0 Å². The number of rotatable bonds is 3. The summed E-state index contributed by atoms with van der Waals surface area (Å²) >= 11 is 0. The Morgan fingerprint density at radius 3 is 2.71 bits per heavy atom. The summed E-state index contributed by atoms with van der Waals surface area (Å²) in [7, 11) is 1.95. The lowest BCUT2D eigenvalue weighted by atomic mass is 9.94. The number of aromatic nitrogens is 1. The van der Waals surface area contributed by atoms with E-state index in [1.807, 2.05) is 42.1 Å². The Bertz CT molecular complexity index is 529. The maximum Gasteiger partial charge on any atom is 0.256 e. The molecule has 0 radical (unpaired) electrons. The number of hydrogen-bond donors (Lipinski definition) is 1. The first kappa shape index (κ1) is 12.0. The monoisotopic (exact) mass is 238 g/mol. The van der Waals surface area contributed by atoms with Gasteiger partial charge in [0.25, 0.3) is 6.43 Å². The number of nitrogens with two attached hydrogens (primary N) is 1. The zero-order chi connectivity index (χ0) is 12.6. The van der Waals surface area contributed by atoms with Crippen molar-refractivity contribution in [2.75, 3.05) is 0 Å². The van der Waals surface area contributed by atoms with E-state index in [9.17, 15) is 8.78 Å². The fourth-order valence-corrected chi connectivity index (χ4v) is 1.96. The van der Waals surface area contributed by atoms with Crippen molar-refractivity contribution in [1.29, 1.82) is 0 Å². The highest BCUT2D eigenvalue weighted by Crippen LogP contribution is 2.22. The van der Waals surface area contributed by atoms with Crippen LogP contribution < -0.4 is 5.73 Å². The molecular weight excluding hydrogens is 222 g/mol. The molecule has 2 nitrogen and oxygen atoms in total. The normalized spacial score (nSPS) is 15.4. The van der Waals surface area contributed by atoms with Crippen molar-refractivity contribution in [2.45, 2.75) is 25.3 Å². The first-order valence-electron chi connectivity index (χ1n) is 5.51. The van der Waals surface area contributed by atoms with E-state index in [1.165, 1.54) is 6.92 Å². The first-order chi connectivity index (χ1) is 7.90. The summed E-state index contributed by atoms with van der Waals surface area (Å²) in [5, 5.41) is 1.05. The van der Waals surface area contributed by atoms with Gasteiger partial charge in [0.05, 0.1) is 5.54 Å². The van der Waals surface area contributed by atoms with Gasteiger partial charge in [-0.25, -0.2) is 8.78 Å². The Labute approximate surface area is 99.0 Å². The number of benzene rings is 1. The van der Waals surface area contributed by atoms with Crippen molar-refractivity contribution >= 4 is 10.9 Å². The minimum atomic E-state index is -2.52. The van der Waals surface area contributed by atoms with Crippen molar-refractivity contribution in [3.8, 4) is 0 Å². The molecule has 0 spiro atoms. The van der Waals surface area contributed by atoms with Gasteiger partial charge in [0.2, 0.25) is 0 Å². The molecule has 0 fully saturated rings. The zero-order valence-corrected chi connectivity index (χ0v) is 9.95. The maximum atomic E-state index is 12.7. The quantitative estimate of drug-likeness (QED) is 0.875. The van der Waals surface area contributed by atoms with Gasteiger partial charge in [-0.15, -0.1) is 0 Å². The Kier molecular flexibility index (Phi) is 2.91. The summed E-state index contributed by atoms with van der Waals surface area (Å²) in [5.74, 6) is 0. The first-order valence-corrected chi connectivity index (χ1v) is 5.51. The van der Waals surface area contributed by atoms with Crippen LogP contribution in [0.4, 0.5) is 8.78 Å². The van der Waals surface area contributed by atoms with Crippen LogP contribution in [-0.2, 0) is 13.5 Å². The van der Waals surface area contributed by atoms with Gasteiger partial charge in [-0.05, 0) is 42.5 Å². The third-order valence-corrected chi connectivity index (χ3v) is 3.03. The van der Waals surface area contributed by atoms with E-state index in [1.54, 1.807) is 0 Å². The summed E-state index contributed by atoms with van der Waals surface area (Å²) in [4.78, 5) is 0. The molecule has 0 amide bonds. The second-order valence-corrected chi connectivity index (χ2v) is 4.80. The van der Waals surface area contributed by atoms with E-state index >= 15 is 0 Å². The average Bonchev–Trinajstić information content (AvgIpc) is 2.59. The second-order valence-electron chi connectivity index (χ2n) is 4.80. The number of nitrogens with zero attached hydrogens (tertiary/aromatic N) is 1. The van der Waals surface area contributed by atoms with E-state index in [-0.39, 0.29) is 6.42 Å². The van der Waals surface area contributed by atoms with Crippen LogP contribution in [0.5, 0.6) is 0 Å². The van der Waals surface area contributed by atoms with Gasteiger partial charge in [-0.1, -0.05) is 6.07 Å². The number of halogens is 2. The molecule has 1 aromatic carbocycles. The van der Waals surface area contributed by atoms with E-state index in [2.05, 4.69) is 0 Å². The minimum Gasteiger partial charge on any atom is -0.351 e. The predicted octanol–water partition coefficient (Wildman–Crippen LogP) is 2.70. The van der Waals surface area contributed by atoms with Crippen LogP contribution in [-0.4, -0.2) is 16.5 Å². The fourth-order valence-electron chi connectivity index (χ4n) is 1.96. The lowest BCUT2D eigenvalue weighted by molar-refractivity contribution is 0.0639. The van der Waals surface area contributed by atoms with Crippen LogP contribution in [0.2, 0.25) is 0 Å². The van der Waals surface area contributed by atoms with Crippen LogP contribution in [0.3, 0.4) is 0 Å². The van der Waals surface area contributed by atoms with Crippen molar-refractivity contribution in [3.63, 3.8) is 0 Å². The summed E-state index contributed by atoms with van der Waals surface area (Å²) in [5.41, 5.74) is 6.05. The average molecular weight is 238 g/mol. The van der Waals surface area contributed by atoms with Crippen molar-refractivity contribution < 1.29 is 8.78 Å². The molecule has 17 heavy (non-hydrogen) atoms. The third-order valence-electron chi connectivity index (χ3n) is 3.03. The number of aryl methyl sites for hydroxylation is 1. The number of fused-ring (bicyclic) bond motifs is 1. The highest BCUT2D eigenvalue weighted by Gasteiger charge is 2.30. The Morgan fingerprint density at radius 2 is 2.06 bits per heavy atom. The van der Waals surface area contributed by atoms with E-state index in [4.69, 9.17) is 5.73 Å². The standard InChI is InChI=1S/C13H16F2N2/c1-13(16,12(14)15)8-9-3-4-11-10(7-9)5-6-17(11)2/h3-7,12H,8,16H2,1-2H3. The van der Waals surface area contributed by atoms with Gasteiger partial charge in [0.1, 0.15) is 0 Å². The minimum absolute atomic E-state index is 0.176. The highest BCUT2D eigenvalue weighted by molar-refractivity contribution is 5.80. The molecule has 2 N–H and O–H groups in total. The van der Waals surface area contributed by atoms with Gasteiger partial charge in [-0.2, -0.15) is 0 Å². The smallest absolute Gasteiger partial charge is 0.256 e. The van der Waals surface area contributed by atoms with Gasteiger partial charge in [0.15, 0.2) is 0 Å². The molecule has 1 atom stereocenters. The number of hydrogen-bond acceptors (Lipinski definition) is 1. The van der Waals surface area contributed by atoms with E-state index in [0.29, 0.717) is 0 Å². The summed E-state index contributed by atoms with van der Waals surface area (Å²) in [6, 6.07) is 7.68. The Morgan fingerprint density at radius 1 is 1.35 bits per heavy atom. The van der Waals surface area contributed by atoms with Gasteiger partial charge in [0, 0.05) is 18.8 Å². The molecule has 92 valence electrons. The summed E-state index contributed by atoms with van der Waals surface area (Å²) < 4.78 is 27.4. The largest absolute Gasteiger partial charge is 0.351 e. The molecule has 4 heteroatoms. The molecular formula is C13H16F2N2. The predicted molar refractivity (Wildman–Crippen MR) is 65.2 cm³/mol. The summed E-state index contributed by atoms with van der Waals surface area (Å²) in [6.45, 7) is 1.38. The van der Waals surface area contributed by atoms with Gasteiger partial charge < -0.3 is 10.3 Å². The van der Waals surface area contributed by atoms with Crippen molar-refractivity contribution in [2.24, 2.45) is 12.8 Å². The molecule has 1 unspecified atom stereocenters. The molecule has 0 bridgehead atoms. The topological polar surface area (TPSA) is 30.9 Å². The molecule has 1 aromatic heterocycles. The summed E-state index contributed by atoms with van der Waals surface area (Å²) in [6.07, 6.45) is -0.396. The van der Waals surface area contributed by atoms with Crippen LogP contribution in [0, 0.1) is 0 Å². The van der Waals surface area contributed by atoms with Crippen molar-refractivity contribution in [1.82, 2.24) is 4.57 Å². The molecule has 0 aliphatic rings. The second kappa shape index (κ2) is 4.11. The molecule has 2 rings (SSSR count).